The van der Waals surface area contributed by atoms with Gasteiger partial charge in [-0.05, 0) is 19.1 Å². The van der Waals surface area contributed by atoms with Crippen LogP contribution in [0.4, 0.5) is 10.5 Å². The molecular formula is C11H14BrNO3. The van der Waals surface area contributed by atoms with Gasteiger partial charge < -0.3 is 9.84 Å². The van der Waals surface area contributed by atoms with Gasteiger partial charge in [-0.3, -0.25) is 4.90 Å². The first-order valence-corrected chi connectivity index (χ1v) is 6.11. The van der Waals surface area contributed by atoms with Crippen LogP contribution < -0.4 is 9.64 Å². The van der Waals surface area contributed by atoms with Crippen LogP contribution >= 0.6 is 15.9 Å². The fourth-order valence-corrected chi connectivity index (χ4v) is 1.72. The average Bonchev–Trinajstić information content (AvgIpc) is 2.27. The Morgan fingerprint density at radius 2 is 2.19 bits per heavy atom. The number of ether oxygens (including phenoxy) is 1. The summed E-state index contributed by atoms with van der Waals surface area (Å²) < 4.78 is 5.39. The van der Waals surface area contributed by atoms with Crippen LogP contribution in [0.2, 0.25) is 0 Å². The number of hydrogen-bond acceptors (Lipinski definition) is 2. The molecule has 0 spiro atoms. The quantitative estimate of drug-likeness (QED) is 0.847. The highest BCUT2D eigenvalue weighted by molar-refractivity contribution is 9.09. The number of amides is 1. The number of rotatable bonds is 5. The van der Waals surface area contributed by atoms with Crippen LogP contribution in [0.5, 0.6) is 5.75 Å². The maximum atomic E-state index is 11.1. The Kier molecular flexibility index (Phi) is 5.11. The number of hydrogen-bond donors (Lipinski definition) is 1. The van der Waals surface area contributed by atoms with Gasteiger partial charge in [0.2, 0.25) is 0 Å². The number of carboxylic acid groups (broad SMARTS) is 1. The number of alkyl halides is 1. The minimum absolute atomic E-state index is 0.388. The van der Waals surface area contributed by atoms with Crippen molar-refractivity contribution in [1.29, 1.82) is 0 Å². The number of halogens is 1. The third kappa shape index (κ3) is 3.13. The zero-order chi connectivity index (χ0) is 12.0. The second-order valence-electron chi connectivity index (χ2n) is 3.02. The van der Waals surface area contributed by atoms with Crippen molar-refractivity contribution in [1.82, 2.24) is 0 Å². The van der Waals surface area contributed by atoms with Crippen molar-refractivity contribution >= 4 is 27.7 Å². The lowest BCUT2D eigenvalue weighted by atomic mass is 10.2. The molecule has 4 nitrogen and oxygen atoms in total. The van der Waals surface area contributed by atoms with E-state index < -0.39 is 6.09 Å². The fraction of sp³-hybridized carbons (Fsp3) is 0.364. The molecule has 16 heavy (non-hydrogen) atoms. The predicted octanol–water partition coefficient (Wildman–Crippen LogP) is 2.96. The first-order valence-electron chi connectivity index (χ1n) is 4.99. The van der Waals surface area contributed by atoms with Gasteiger partial charge in [-0.25, -0.2) is 4.79 Å². The third-order valence-electron chi connectivity index (χ3n) is 1.99. The summed E-state index contributed by atoms with van der Waals surface area (Å²) in [6.45, 7) is 2.77. The van der Waals surface area contributed by atoms with E-state index in [4.69, 9.17) is 9.84 Å². The zero-order valence-electron chi connectivity index (χ0n) is 9.02. The van der Waals surface area contributed by atoms with E-state index >= 15 is 0 Å². The van der Waals surface area contributed by atoms with Crippen LogP contribution in [-0.4, -0.2) is 29.7 Å². The first-order chi connectivity index (χ1) is 7.70. The molecule has 0 fully saturated rings. The number of nitrogens with zero attached hydrogens (tertiary/aromatic N) is 1. The van der Waals surface area contributed by atoms with Gasteiger partial charge >= 0.3 is 6.09 Å². The Morgan fingerprint density at radius 1 is 1.50 bits per heavy atom. The maximum absolute atomic E-state index is 11.1. The van der Waals surface area contributed by atoms with Crippen LogP contribution in [0, 0.1) is 0 Å². The first kappa shape index (κ1) is 12.8. The van der Waals surface area contributed by atoms with Crippen LogP contribution in [0.25, 0.3) is 0 Å². The van der Waals surface area contributed by atoms with Gasteiger partial charge in [0.05, 0.1) is 12.3 Å². The molecule has 0 radical (unpaired) electrons. The van der Waals surface area contributed by atoms with E-state index in [0.717, 1.165) is 0 Å². The van der Waals surface area contributed by atoms with Crippen molar-refractivity contribution in [2.24, 2.45) is 0 Å². The predicted molar refractivity (Wildman–Crippen MR) is 66.8 cm³/mol. The van der Waals surface area contributed by atoms with E-state index in [1.807, 2.05) is 13.0 Å². The number of anilines is 1. The summed E-state index contributed by atoms with van der Waals surface area (Å²) in [5, 5.41) is 9.68. The van der Waals surface area contributed by atoms with E-state index in [0.29, 0.717) is 29.9 Å². The molecule has 5 heteroatoms. The lowest BCUT2D eigenvalue weighted by Crippen LogP contribution is -2.31. The lowest BCUT2D eigenvalue weighted by Gasteiger charge is -2.20. The molecule has 0 unspecified atom stereocenters. The SMILES string of the molecule is CCOc1ccccc1N(CCBr)C(=O)O. The molecule has 1 rings (SSSR count). The molecule has 0 bridgehead atoms. The summed E-state index contributed by atoms with van der Waals surface area (Å²) in [7, 11) is 0. The third-order valence-corrected chi connectivity index (χ3v) is 2.35. The van der Waals surface area contributed by atoms with Gasteiger partial charge in [0.25, 0.3) is 0 Å². The van der Waals surface area contributed by atoms with Crippen LogP contribution in [-0.2, 0) is 0 Å². The number of para-hydroxylation sites is 2. The largest absolute Gasteiger partial charge is 0.492 e. The highest BCUT2D eigenvalue weighted by Crippen LogP contribution is 2.28. The average molecular weight is 288 g/mol. The van der Waals surface area contributed by atoms with Crippen molar-refractivity contribution in [3.63, 3.8) is 0 Å². The van der Waals surface area contributed by atoms with Crippen molar-refractivity contribution in [2.45, 2.75) is 6.92 Å². The Hall–Kier alpha value is -1.23. The smallest absolute Gasteiger partial charge is 0.411 e. The van der Waals surface area contributed by atoms with Gasteiger partial charge in [-0.2, -0.15) is 0 Å². The maximum Gasteiger partial charge on any atom is 0.411 e. The minimum atomic E-state index is -0.980. The number of benzene rings is 1. The zero-order valence-corrected chi connectivity index (χ0v) is 10.6. The standard InChI is InChI=1S/C11H14BrNO3/c1-2-16-10-6-4-3-5-9(10)13(8-7-12)11(14)15/h3-6H,2,7-8H2,1H3,(H,14,15). The molecule has 0 aliphatic rings. The van der Waals surface area contributed by atoms with Crippen LogP contribution in [0.15, 0.2) is 24.3 Å². The summed E-state index contributed by atoms with van der Waals surface area (Å²) in [5.74, 6) is 0.591. The molecule has 0 heterocycles. The molecule has 1 aromatic rings. The molecule has 0 saturated carbocycles. The minimum Gasteiger partial charge on any atom is -0.492 e. The monoisotopic (exact) mass is 287 g/mol. The molecule has 0 atom stereocenters. The van der Waals surface area contributed by atoms with Crippen molar-refractivity contribution in [2.75, 3.05) is 23.4 Å². The highest BCUT2D eigenvalue weighted by atomic mass is 79.9. The summed E-state index contributed by atoms with van der Waals surface area (Å²) in [6, 6.07) is 7.12. The molecule has 88 valence electrons. The van der Waals surface area contributed by atoms with E-state index in [1.165, 1.54) is 4.90 Å². The van der Waals surface area contributed by atoms with Gasteiger partial charge in [0, 0.05) is 11.9 Å². The number of carbonyl (C=O) groups is 1. The molecule has 1 N–H and O–H groups in total. The molecule has 0 aromatic heterocycles. The summed E-state index contributed by atoms with van der Waals surface area (Å²) in [5.41, 5.74) is 0.580. The van der Waals surface area contributed by atoms with Crippen molar-refractivity contribution in [3.05, 3.63) is 24.3 Å². The molecule has 1 aromatic carbocycles. The molecule has 0 aliphatic heterocycles. The highest BCUT2D eigenvalue weighted by Gasteiger charge is 2.17. The Morgan fingerprint density at radius 3 is 2.75 bits per heavy atom. The summed E-state index contributed by atoms with van der Waals surface area (Å²) in [6.07, 6.45) is -0.980. The molecule has 0 saturated heterocycles. The van der Waals surface area contributed by atoms with E-state index in [9.17, 15) is 4.79 Å². The summed E-state index contributed by atoms with van der Waals surface area (Å²) in [4.78, 5) is 12.4. The molecule has 0 aliphatic carbocycles. The van der Waals surface area contributed by atoms with E-state index in [1.54, 1.807) is 18.2 Å². The fourth-order valence-electron chi connectivity index (χ4n) is 1.36. The van der Waals surface area contributed by atoms with Crippen molar-refractivity contribution < 1.29 is 14.6 Å². The molecular weight excluding hydrogens is 274 g/mol. The topological polar surface area (TPSA) is 49.8 Å². The van der Waals surface area contributed by atoms with Gasteiger partial charge in [-0.15, -0.1) is 0 Å². The second-order valence-corrected chi connectivity index (χ2v) is 3.82. The van der Waals surface area contributed by atoms with Crippen LogP contribution in [0.1, 0.15) is 6.92 Å². The van der Waals surface area contributed by atoms with Gasteiger partial charge in [0.1, 0.15) is 5.75 Å². The van der Waals surface area contributed by atoms with E-state index in [-0.39, 0.29) is 0 Å². The normalized spacial score (nSPS) is 9.88. The lowest BCUT2D eigenvalue weighted by molar-refractivity contribution is 0.202. The Labute approximate surface area is 103 Å². The van der Waals surface area contributed by atoms with Gasteiger partial charge in [-0.1, -0.05) is 28.1 Å². The van der Waals surface area contributed by atoms with E-state index in [2.05, 4.69) is 15.9 Å². The van der Waals surface area contributed by atoms with Gasteiger partial charge in [0.15, 0.2) is 0 Å². The Bertz CT molecular complexity index is 357. The second kappa shape index (κ2) is 6.37. The Balaban J connectivity index is 3.02. The van der Waals surface area contributed by atoms with Crippen molar-refractivity contribution in [3.8, 4) is 5.75 Å². The van der Waals surface area contributed by atoms with Crippen LogP contribution in [0.3, 0.4) is 0 Å². The summed E-state index contributed by atoms with van der Waals surface area (Å²) >= 11 is 3.23. The molecule has 1 amide bonds.